The zero-order valence-electron chi connectivity index (χ0n) is 9.99. The number of nitrogens with zero attached hydrogens (tertiary/aromatic N) is 1. The van der Waals surface area contributed by atoms with Gasteiger partial charge in [0.15, 0.2) is 0 Å². The van der Waals surface area contributed by atoms with Crippen LogP contribution in [0.2, 0.25) is 0 Å². The molecule has 0 aromatic carbocycles. The van der Waals surface area contributed by atoms with Crippen molar-refractivity contribution in [3.63, 3.8) is 0 Å². The van der Waals surface area contributed by atoms with E-state index in [2.05, 4.69) is 5.32 Å². The van der Waals surface area contributed by atoms with Crippen molar-refractivity contribution in [2.75, 3.05) is 19.7 Å². The minimum absolute atomic E-state index is 0.0456. The summed E-state index contributed by atoms with van der Waals surface area (Å²) < 4.78 is 4.96. The second kappa shape index (κ2) is 6.35. The van der Waals surface area contributed by atoms with Crippen LogP contribution in [-0.2, 0) is 9.53 Å². The van der Waals surface area contributed by atoms with E-state index in [0.29, 0.717) is 13.2 Å². The van der Waals surface area contributed by atoms with Crippen LogP contribution in [0.4, 0.5) is 4.79 Å². The molecule has 1 rings (SSSR count). The minimum atomic E-state index is -0.278. The Morgan fingerprint density at radius 2 is 2.19 bits per heavy atom. The van der Waals surface area contributed by atoms with Crippen LogP contribution in [0, 0.1) is 0 Å². The summed E-state index contributed by atoms with van der Waals surface area (Å²) in [6.07, 6.45) is 2.64. The van der Waals surface area contributed by atoms with Gasteiger partial charge in [-0.25, -0.2) is 4.79 Å². The Kier molecular flexibility index (Phi) is 5.08. The van der Waals surface area contributed by atoms with Crippen molar-refractivity contribution < 1.29 is 14.3 Å². The minimum Gasteiger partial charge on any atom is -0.450 e. The lowest BCUT2D eigenvalue weighted by Crippen LogP contribution is -2.44. The average Bonchev–Trinajstić information content (AvgIpc) is 2.43. The molecule has 1 unspecified atom stereocenters. The quantitative estimate of drug-likeness (QED) is 0.771. The van der Waals surface area contributed by atoms with Crippen molar-refractivity contribution in [2.24, 2.45) is 0 Å². The van der Waals surface area contributed by atoms with E-state index in [1.807, 2.05) is 0 Å². The summed E-state index contributed by atoms with van der Waals surface area (Å²) in [5, 5.41) is 2.86. The van der Waals surface area contributed by atoms with Gasteiger partial charge >= 0.3 is 6.09 Å². The summed E-state index contributed by atoms with van der Waals surface area (Å²) in [5.41, 5.74) is 0. The van der Waals surface area contributed by atoms with Crippen LogP contribution >= 0.6 is 0 Å². The van der Waals surface area contributed by atoms with Gasteiger partial charge in [0.05, 0.1) is 6.61 Å². The molecule has 0 saturated carbocycles. The fourth-order valence-corrected chi connectivity index (χ4v) is 1.93. The Hall–Kier alpha value is -1.26. The van der Waals surface area contributed by atoms with Crippen LogP contribution in [0.1, 0.15) is 33.1 Å². The summed E-state index contributed by atoms with van der Waals surface area (Å²) in [6, 6.07) is 0.0596. The van der Waals surface area contributed by atoms with E-state index in [1.165, 1.54) is 6.92 Å². The summed E-state index contributed by atoms with van der Waals surface area (Å²) >= 11 is 0. The average molecular weight is 228 g/mol. The highest BCUT2D eigenvalue weighted by Crippen LogP contribution is 2.11. The predicted molar refractivity (Wildman–Crippen MR) is 60.1 cm³/mol. The maximum atomic E-state index is 11.6. The fourth-order valence-electron chi connectivity index (χ4n) is 1.93. The number of ether oxygens (including phenoxy) is 1. The third-order valence-corrected chi connectivity index (χ3v) is 2.60. The maximum Gasteiger partial charge on any atom is 0.409 e. The molecule has 1 fully saturated rings. The lowest BCUT2D eigenvalue weighted by molar-refractivity contribution is -0.119. The highest BCUT2D eigenvalue weighted by molar-refractivity contribution is 5.73. The summed E-state index contributed by atoms with van der Waals surface area (Å²) in [6.45, 7) is 4.95. The highest BCUT2D eigenvalue weighted by Gasteiger charge is 2.22. The number of nitrogens with one attached hydrogen (secondary N) is 1. The van der Waals surface area contributed by atoms with Gasteiger partial charge in [0.25, 0.3) is 0 Å². The number of hydrogen-bond acceptors (Lipinski definition) is 3. The van der Waals surface area contributed by atoms with Gasteiger partial charge in [-0.1, -0.05) is 0 Å². The van der Waals surface area contributed by atoms with E-state index in [9.17, 15) is 9.59 Å². The van der Waals surface area contributed by atoms with Crippen LogP contribution in [0.3, 0.4) is 0 Å². The SMILES string of the molecule is CCOC(=O)N1CCCCC(NC(C)=O)C1. The largest absolute Gasteiger partial charge is 0.450 e. The van der Waals surface area contributed by atoms with E-state index in [-0.39, 0.29) is 18.0 Å². The molecule has 1 atom stereocenters. The molecule has 0 aromatic rings. The molecule has 1 N–H and O–H groups in total. The maximum absolute atomic E-state index is 11.6. The molecule has 16 heavy (non-hydrogen) atoms. The molecule has 1 aliphatic rings. The van der Waals surface area contributed by atoms with Gasteiger partial charge < -0.3 is 15.0 Å². The van der Waals surface area contributed by atoms with E-state index in [1.54, 1.807) is 11.8 Å². The van der Waals surface area contributed by atoms with Crippen molar-refractivity contribution in [2.45, 2.75) is 39.2 Å². The van der Waals surface area contributed by atoms with E-state index in [0.717, 1.165) is 25.8 Å². The third-order valence-electron chi connectivity index (χ3n) is 2.60. The van der Waals surface area contributed by atoms with E-state index < -0.39 is 0 Å². The third kappa shape index (κ3) is 4.08. The molecule has 2 amide bonds. The van der Waals surface area contributed by atoms with Gasteiger partial charge in [-0.15, -0.1) is 0 Å². The van der Waals surface area contributed by atoms with Crippen LogP contribution in [0.25, 0.3) is 0 Å². The predicted octanol–water partition coefficient (Wildman–Crippen LogP) is 1.13. The summed E-state index contributed by atoms with van der Waals surface area (Å²) in [5.74, 6) is -0.0456. The molecule has 92 valence electrons. The molecule has 1 saturated heterocycles. The number of rotatable bonds is 2. The number of likely N-dealkylation sites (tertiary alicyclic amines) is 1. The second-order valence-electron chi connectivity index (χ2n) is 4.04. The monoisotopic (exact) mass is 228 g/mol. The van der Waals surface area contributed by atoms with Crippen molar-refractivity contribution >= 4 is 12.0 Å². The van der Waals surface area contributed by atoms with Crippen LogP contribution in [0.15, 0.2) is 0 Å². The number of amides is 2. The Balaban J connectivity index is 2.51. The molecule has 0 spiro atoms. The summed E-state index contributed by atoms with van der Waals surface area (Å²) in [7, 11) is 0. The fraction of sp³-hybridized carbons (Fsp3) is 0.818. The van der Waals surface area contributed by atoms with Crippen molar-refractivity contribution in [1.29, 1.82) is 0 Å². The Bertz CT molecular complexity index is 256. The molecule has 1 aliphatic heterocycles. The zero-order chi connectivity index (χ0) is 12.0. The first-order valence-corrected chi connectivity index (χ1v) is 5.82. The molecular formula is C11H20N2O3. The lowest BCUT2D eigenvalue weighted by atomic mass is 10.1. The molecule has 5 nitrogen and oxygen atoms in total. The van der Waals surface area contributed by atoms with Crippen molar-refractivity contribution in [1.82, 2.24) is 10.2 Å². The lowest BCUT2D eigenvalue weighted by Gasteiger charge is -2.23. The first kappa shape index (κ1) is 12.8. The van der Waals surface area contributed by atoms with Crippen LogP contribution in [0.5, 0.6) is 0 Å². The van der Waals surface area contributed by atoms with Crippen LogP contribution < -0.4 is 5.32 Å². The summed E-state index contributed by atoms with van der Waals surface area (Å²) in [4.78, 5) is 24.2. The molecule has 1 heterocycles. The van der Waals surface area contributed by atoms with Crippen molar-refractivity contribution in [3.8, 4) is 0 Å². The molecular weight excluding hydrogens is 208 g/mol. The van der Waals surface area contributed by atoms with Crippen molar-refractivity contribution in [3.05, 3.63) is 0 Å². The standard InChI is InChI=1S/C11H20N2O3/c1-3-16-11(15)13-7-5-4-6-10(8-13)12-9(2)14/h10H,3-8H2,1-2H3,(H,12,14). The highest BCUT2D eigenvalue weighted by atomic mass is 16.6. The van der Waals surface area contributed by atoms with E-state index in [4.69, 9.17) is 4.74 Å². The zero-order valence-corrected chi connectivity index (χ0v) is 9.99. The Morgan fingerprint density at radius 1 is 1.44 bits per heavy atom. The molecule has 5 heteroatoms. The Labute approximate surface area is 96.1 Å². The van der Waals surface area contributed by atoms with Gasteiger partial charge in [-0.05, 0) is 26.2 Å². The number of carbonyl (C=O) groups excluding carboxylic acids is 2. The normalized spacial score (nSPS) is 21.1. The first-order chi connectivity index (χ1) is 7.63. The van der Waals surface area contributed by atoms with Gasteiger partial charge in [-0.3, -0.25) is 4.79 Å². The second-order valence-corrected chi connectivity index (χ2v) is 4.04. The topological polar surface area (TPSA) is 58.6 Å². The van der Waals surface area contributed by atoms with Gasteiger partial charge in [-0.2, -0.15) is 0 Å². The van der Waals surface area contributed by atoms with Crippen LogP contribution in [-0.4, -0.2) is 42.6 Å². The Morgan fingerprint density at radius 3 is 2.81 bits per heavy atom. The molecule has 0 aromatic heterocycles. The number of carbonyl (C=O) groups is 2. The first-order valence-electron chi connectivity index (χ1n) is 5.82. The smallest absolute Gasteiger partial charge is 0.409 e. The molecule has 0 radical (unpaired) electrons. The van der Waals surface area contributed by atoms with Gasteiger partial charge in [0, 0.05) is 26.1 Å². The molecule has 0 bridgehead atoms. The van der Waals surface area contributed by atoms with Gasteiger partial charge in [0.1, 0.15) is 0 Å². The number of hydrogen-bond donors (Lipinski definition) is 1. The van der Waals surface area contributed by atoms with Gasteiger partial charge in [0.2, 0.25) is 5.91 Å². The molecule has 0 aliphatic carbocycles. The van der Waals surface area contributed by atoms with E-state index >= 15 is 0 Å².